The van der Waals surface area contributed by atoms with Gasteiger partial charge in [-0.25, -0.2) is 0 Å². The molecule has 0 atom stereocenters. The Balaban J connectivity index is 2.70. The second-order valence-corrected chi connectivity index (χ2v) is 5.34. The lowest BCUT2D eigenvalue weighted by Gasteiger charge is -2.19. The van der Waals surface area contributed by atoms with Gasteiger partial charge in [0.2, 0.25) is 0 Å². The number of rotatable bonds is 8. The number of methoxy groups -OCH3 is 2. The number of halogens is 1. The normalized spacial score (nSPS) is 10.2. The van der Waals surface area contributed by atoms with Crippen LogP contribution in [0.3, 0.4) is 0 Å². The molecule has 1 rings (SSSR count). The Kier molecular flexibility index (Phi) is 7.44. The van der Waals surface area contributed by atoms with E-state index in [-0.39, 0.29) is 5.91 Å². The minimum absolute atomic E-state index is 0.0247. The maximum atomic E-state index is 12.4. The van der Waals surface area contributed by atoms with Gasteiger partial charge >= 0.3 is 0 Å². The molecule has 0 radical (unpaired) electrons. The number of ether oxygens (including phenoxy) is 2. The predicted molar refractivity (Wildman–Crippen MR) is 84.2 cm³/mol. The minimum atomic E-state index is -0.0247. The number of carbonyl (C=O) groups is 1. The number of carbonyl (C=O) groups excluding carboxylic acids is 1. The Bertz CT molecular complexity index is 437. The zero-order valence-corrected chi connectivity index (χ0v) is 13.9. The van der Waals surface area contributed by atoms with Crippen LogP contribution in [0, 0.1) is 0 Å². The van der Waals surface area contributed by atoms with E-state index in [9.17, 15) is 4.79 Å². The molecule has 0 fully saturated rings. The lowest BCUT2D eigenvalue weighted by molar-refractivity contribution is 0.0789. The van der Waals surface area contributed by atoms with E-state index in [2.05, 4.69) is 15.9 Å². The molecule has 4 nitrogen and oxygen atoms in total. The first-order chi connectivity index (χ1) is 9.63. The molecule has 0 saturated heterocycles. The summed E-state index contributed by atoms with van der Waals surface area (Å²) < 4.78 is 10.4. The van der Waals surface area contributed by atoms with Crippen LogP contribution in [0.15, 0.2) is 18.2 Å². The standard InChI is InChI=1S/C15H22BrNO3/c1-17(10-6-4-5-9-16)15(18)13-8-7-12(19-2)11-14(13)20-3/h7-8,11H,4-6,9-10H2,1-3H3. The number of hydrogen-bond donors (Lipinski definition) is 0. The molecule has 0 saturated carbocycles. The topological polar surface area (TPSA) is 38.8 Å². The summed E-state index contributed by atoms with van der Waals surface area (Å²) in [5.41, 5.74) is 0.566. The van der Waals surface area contributed by atoms with Gasteiger partial charge in [0.05, 0.1) is 19.8 Å². The highest BCUT2D eigenvalue weighted by Gasteiger charge is 2.16. The molecular formula is C15H22BrNO3. The van der Waals surface area contributed by atoms with Crippen molar-refractivity contribution in [2.24, 2.45) is 0 Å². The zero-order chi connectivity index (χ0) is 15.0. The van der Waals surface area contributed by atoms with Gasteiger partial charge in [-0.1, -0.05) is 22.4 Å². The molecule has 0 aliphatic heterocycles. The molecule has 0 heterocycles. The fraction of sp³-hybridized carbons (Fsp3) is 0.533. The fourth-order valence-corrected chi connectivity index (χ4v) is 2.30. The summed E-state index contributed by atoms with van der Waals surface area (Å²) in [7, 11) is 4.97. The summed E-state index contributed by atoms with van der Waals surface area (Å²) in [4.78, 5) is 14.1. The van der Waals surface area contributed by atoms with Gasteiger partial charge in [0, 0.05) is 25.0 Å². The van der Waals surface area contributed by atoms with Crippen molar-refractivity contribution in [2.45, 2.75) is 19.3 Å². The van der Waals surface area contributed by atoms with E-state index in [4.69, 9.17) is 9.47 Å². The highest BCUT2D eigenvalue weighted by atomic mass is 79.9. The van der Waals surface area contributed by atoms with E-state index in [1.54, 1.807) is 37.3 Å². The zero-order valence-electron chi connectivity index (χ0n) is 12.3. The highest BCUT2D eigenvalue weighted by molar-refractivity contribution is 9.09. The smallest absolute Gasteiger partial charge is 0.257 e. The Morgan fingerprint density at radius 3 is 2.55 bits per heavy atom. The van der Waals surface area contributed by atoms with Crippen LogP contribution in [0.5, 0.6) is 11.5 Å². The molecular weight excluding hydrogens is 322 g/mol. The number of benzene rings is 1. The third-order valence-corrected chi connectivity index (χ3v) is 3.67. The van der Waals surface area contributed by atoms with Crippen LogP contribution >= 0.6 is 15.9 Å². The molecule has 20 heavy (non-hydrogen) atoms. The van der Waals surface area contributed by atoms with Crippen LogP contribution in [0.1, 0.15) is 29.6 Å². The molecule has 0 aliphatic carbocycles. The average Bonchev–Trinajstić information content (AvgIpc) is 2.49. The maximum absolute atomic E-state index is 12.4. The van der Waals surface area contributed by atoms with Crippen LogP contribution < -0.4 is 9.47 Å². The van der Waals surface area contributed by atoms with Crippen LogP contribution in [0.2, 0.25) is 0 Å². The molecule has 5 heteroatoms. The monoisotopic (exact) mass is 343 g/mol. The van der Waals surface area contributed by atoms with Crippen LogP contribution in [0.4, 0.5) is 0 Å². The van der Waals surface area contributed by atoms with Gasteiger partial charge < -0.3 is 14.4 Å². The van der Waals surface area contributed by atoms with Gasteiger partial charge in [-0.2, -0.15) is 0 Å². The quantitative estimate of drug-likeness (QED) is 0.536. The largest absolute Gasteiger partial charge is 0.497 e. The lowest BCUT2D eigenvalue weighted by Crippen LogP contribution is -2.28. The number of alkyl halides is 1. The summed E-state index contributed by atoms with van der Waals surface area (Å²) in [6.07, 6.45) is 3.25. The van der Waals surface area contributed by atoms with Crippen molar-refractivity contribution in [1.82, 2.24) is 4.90 Å². The maximum Gasteiger partial charge on any atom is 0.257 e. The summed E-state index contributed by atoms with van der Waals surface area (Å²) in [6, 6.07) is 5.25. The Hall–Kier alpha value is -1.23. The second kappa shape index (κ2) is 8.84. The Morgan fingerprint density at radius 2 is 1.95 bits per heavy atom. The first-order valence-corrected chi connectivity index (χ1v) is 7.79. The van der Waals surface area contributed by atoms with E-state index >= 15 is 0 Å². The first-order valence-electron chi connectivity index (χ1n) is 6.67. The number of unbranched alkanes of at least 4 members (excludes halogenated alkanes) is 2. The molecule has 0 spiro atoms. The summed E-state index contributed by atoms with van der Waals surface area (Å²) >= 11 is 3.41. The molecule has 0 aliphatic rings. The molecule has 0 aromatic heterocycles. The van der Waals surface area contributed by atoms with Crippen molar-refractivity contribution in [2.75, 3.05) is 33.1 Å². The number of nitrogens with zero attached hydrogens (tertiary/aromatic N) is 1. The SMILES string of the molecule is COc1ccc(C(=O)N(C)CCCCCBr)c(OC)c1. The first kappa shape index (κ1) is 16.8. The highest BCUT2D eigenvalue weighted by Crippen LogP contribution is 2.25. The lowest BCUT2D eigenvalue weighted by atomic mass is 10.1. The molecule has 0 unspecified atom stereocenters. The van der Waals surface area contributed by atoms with Crippen molar-refractivity contribution >= 4 is 21.8 Å². The van der Waals surface area contributed by atoms with Gasteiger partial charge in [-0.05, 0) is 25.0 Å². The van der Waals surface area contributed by atoms with E-state index in [0.29, 0.717) is 17.1 Å². The van der Waals surface area contributed by atoms with Crippen LogP contribution in [-0.2, 0) is 0 Å². The van der Waals surface area contributed by atoms with E-state index in [0.717, 1.165) is 31.1 Å². The molecule has 1 aromatic rings. The van der Waals surface area contributed by atoms with Gasteiger partial charge in [0.25, 0.3) is 5.91 Å². The van der Waals surface area contributed by atoms with Gasteiger partial charge in [0.15, 0.2) is 0 Å². The molecule has 112 valence electrons. The fourth-order valence-electron chi connectivity index (χ4n) is 1.90. The van der Waals surface area contributed by atoms with Gasteiger partial charge in [-0.15, -0.1) is 0 Å². The van der Waals surface area contributed by atoms with E-state index < -0.39 is 0 Å². The number of hydrogen-bond acceptors (Lipinski definition) is 3. The average molecular weight is 344 g/mol. The third-order valence-electron chi connectivity index (χ3n) is 3.11. The van der Waals surface area contributed by atoms with Crippen LogP contribution in [0.25, 0.3) is 0 Å². The van der Waals surface area contributed by atoms with Crippen molar-refractivity contribution < 1.29 is 14.3 Å². The summed E-state index contributed by atoms with van der Waals surface area (Å²) in [5, 5.41) is 1.01. The molecule has 1 amide bonds. The van der Waals surface area contributed by atoms with Crippen molar-refractivity contribution in [3.63, 3.8) is 0 Å². The van der Waals surface area contributed by atoms with E-state index in [1.165, 1.54) is 0 Å². The van der Waals surface area contributed by atoms with Gasteiger partial charge in [-0.3, -0.25) is 4.79 Å². The third kappa shape index (κ3) is 4.71. The van der Waals surface area contributed by atoms with Crippen molar-refractivity contribution in [3.8, 4) is 11.5 Å². The number of amides is 1. The summed E-state index contributed by atoms with van der Waals surface area (Å²) in [5.74, 6) is 1.20. The predicted octanol–water partition coefficient (Wildman–Crippen LogP) is 3.34. The van der Waals surface area contributed by atoms with Crippen molar-refractivity contribution in [1.29, 1.82) is 0 Å². The second-order valence-electron chi connectivity index (χ2n) is 4.54. The molecule has 0 bridgehead atoms. The summed E-state index contributed by atoms with van der Waals surface area (Å²) in [6.45, 7) is 0.751. The van der Waals surface area contributed by atoms with Crippen molar-refractivity contribution in [3.05, 3.63) is 23.8 Å². The minimum Gasteiger partial charge on any atom is -0.497 e. The van der Waals surface area contributed by atoms with E-state index in [1.807, 2.05) is 7.05 Å². The Morgan fingerprint density at radius 1 is 1.20 bits per heavy atom. The Labute approximate surface area is 129 Å². The molecule has 0 N–H and O–H groups in total. The van der Waals surface area contributed by atoms with Gasteiger partial charge in [0.1, 0.15) is 11.5 Å². The van der Waals surface area contributed by atoms with Crippen LogP contribution in [-0.4, -0.2) is 43.9 Å². The molecule has 1 aromatic carbocycles.